The number of aryl methyl sites for hydroxylation is 2. The largest absolute Gasteiger partial charge is 0.294 e. The molecule has 0 amide bonds. The molecule has 0 unspecified atom stereocenters. The standard InChI is InChI=1S/C30H23N3S/c1-19-16-20(2)29(34)25(17-19)27-14-13-24-23-10-3-4-12-28(23)33(30(24)32-27)22-9-7-8-21(18-22)26-11-5-6-15-31-26/h3-18,34H,1-2H3. The number of aromatic nitrogens is 3. The van der Waals surface area contributed by atoms with E-state index < -0.39 is 0 Å². The zero-order chi connectivity index (χ0) is 23.2. The molecule has 34 heavy (non-hydrogen) atoms. The van der Waals surface area contributed by atoms with Gasteiger partial charge >= 0.3 is 0 Å². The van der Waals surface area contributed by atoms with Gasteiger partial charge < -0.3 is 0 Å². The highest BCUT2D eigenvalue weighted by molar-refractivity contribution is 7.80. The van der Waals surface area contributed by atoms with Crippen LogP contribution in [0.3, 0.4) is 0 Å². The summed E-state index contributed by atoms with van der Waals surface area (Å²) in [6.45, 7) is 4.21. The van der Waals surface area contributed by atoms with Crippen molar-refractivity contribution >= 4 is 34.6 Å². The highest BCUT2D eigenvalue weighted by Gasteiger charge is 2.16. The molecule has 3 heterocycles. The average molecular weight is 458 g/mol. The molecule has 3 aromatic carbocycles. The molecule has 0 aliphatic carbocycles. The molecule has 164 valence electrons. The molecule has 0 N–H and O–H groups in total. The molecule has 6 rings (SSSR count). The van der Waals surface area contributed by atoms with Crippen LogP contribution >= 0.6 is 12.6 Å². The molecule has 0 aliphatic heterocycles. The van der Waals surface area contributed by atoms with E-state index >= 15 is 0 Å². The first-order valence-corrected chi connectivity index (χ1v) is 11.8. The summed E-state index contributed by atoms with van der Waals surface area (Å²) in [6, 6.07) is 31.6. The molecule has 0 atom stereocenters. The Morgan fingerprint density at radius 1 is 0.735 bits per heavy atom. The number of para-hydroxylation sites is 1. The minimum absolute atomic E-state index is 0.925. The SMILES string of the molecule is Cc1cc(C)c(S)c(-c2ccc3c4ccccc4n(-c4cccc(-c5ccccn5)c4)c3n2)c1. The van der Waals surface area contributed by atoms with Crippen LogP contribution in [0.2, 0.25) is 0 Å². The van der Waals surface area contributed by atoms with Gasteiger partial charge in [0.25, 0.3) is 0 Å². The Morgan fingerprint density at radius 2 is 1.59 bits per heavy atom. The van der Waals surface area contributed by atoms with Crippen molar-refractivity contribution in [2.45, 2.75) is 18.7 Å². The van der Waals surface area contributed by atoms with E-state index in [-0.39, 0.29) is 0 Å². The first-order chi connectivity index (χ1) is 16.6. The van der Waals surface area contributed by atoms with Gasteiger partial charge in [-0.15, -0.1) is 12.6 Å². The number of thiol groups is 1. The first kappa shape index (κ1) is 20.7. The second-order valence-electron chi connectivity index (χ2n) is 8.66. The van der Waals surface area contributed by atoms with Crippen LogP contribution < -0.4 is 0 Å². The maximum Gasteiger partial charge on any atom is 0.146 e. The van der Waals surface area contributed by atoms with E-state index in [4.69, 9.17) is 17.6 Å². The van der Waals surface area contributed by atoms with E-state index in [1.165, 1.54) is 10.9 Å². The van der Waals surface area contributed by atoms with Crippen molar-refractivity contribution in [3.63, 3.8) is 0 Å². The topological polar surface area (TPSA) is 30.7 Å². The van der Waals surface area contributed by atoms with Gasteiger partial charge in [0.05, 0.1) is 16.9 Å². The lowest BCUT2D eigenvalue weighted by molar-refractivity contribution is 1.13. The molecular weight excluding hydrogens is 434 g/mol. The Labute approximate surface area is 204 Å². The zero-order valence-electron chi connectivity index (χ0n) is 19.0. The van der Waals surface area contributed by atoms with Crippen LogP contribution in [0.5, 0.6) is 0 Å². The molecule has 0 saturated carbocycles. The summed E-state index contributed by atoms with van der Waals surface area (Å²) in [5.41, 5.74) is 9.50. The van der Waals surface area contributed by atoms with Gasteiger partial charge in [-0.25, -0.2) is 4.98 Å². The Morgan fingerprint density at radius 3 is 2.44 bits per heavy atom. The monoisotopic (exact) mass is 457 g/mol. The third kappa shape index (κ3) is 3.39. The van der Waals surface area contributed by atoms with Crippen molar-refractivity contribution in [2.75, 3.05) is 0 Å². The fraction of sp³-hybridized carbons (Fsp3) is 0.0667. The zero-order valence-corrected chi connectivity index (χ0v) is 19.9. The first-order valence-electron chi connectivity index (χ1n) is 11.3. The quantitative estimate of drug-likeness (QED) is 0.275. The summed E-state index contributed by atoms with van der Waals surface area (Å²) in [7, 11) is 0. The van der Waals surface area contributed by atoms with Gasteiger partial charge in [0.1, 0.15) is 5.65 Å². The number of nitrogens with zero attached hydrogens (tertiary/aromatic N) is 3. The molecule has 0 spiro atoms. The van der Waals surface area contributed by atoms with Crippen molar-refractivity contribution in [2.24, 2.45) is 0 Å². The van der Waals surface area contributed by atoms with Gasteiger partial charge in [0.2, 0.25) is 0 Å². The minimum Gasteiger partial charge on any atom is -0.294 e. The number of rotatable bonds is 3. The lowest BCUT2D eigenvalue weighted by atomic mass is 10.0. The maximum atomic E-state index is 5.20. The lowest BCUT2D eigenvalue weighted by Crippen LogP contribution is -1.97. The van der Waals surface area contributed by atoms with Crippen LogP contribution in [0.4, 0.5) is 0 Å². The van der Waals surface area contributed by atoms with Gasteiger partial charge in [0, 0.05) is 38.7 Å². The van der Waals surface area contributed by atoms with Gasteiger partial charge in [-0.1, -0.05) is 48.0 Å². The summed E-state index contributed by atoms with van der Waals surface area (Å²) in [5.74, 6) is 0. The van der Waals surface area contributed by atoms with E-state index in [2.05, 4.69) is 96.2 Å². The Kier molecular flexibility index (Phi) is 4.96. The fourth-order valence-electron chi connectivity index (χ4n) is 4.74. The Balaban J connectivity index is 1.63. The number of fused-ring (bicyclic) bond motifs is 3. The fourth-order valence-corrected chi connectivity index (χ4v) is 4.99. The molecule has 0 saturated heterocycles. The van der Waals surface area contributed by atoms with Crippen molar-refractivity contribution in [1.82, 2.24) is 14.5 Å². The molecular formula is C30H23N3S. The van der Waals surface area contributed by atoms with E-state index in [9.17, 15) is 0 Å². The summed E-state index contributed by atoms with van der Waals surface area (Å²) in [6.07, 6.45) is 1.83. The molecule has 3 aromatic heterocycles. The van der Waals surface area contributed by atoms with Gasteiger partial charge in [-0.3, -0.25) is 9.55 Å². The predicted molar refractivity (Wildman–Crippen MR) is 144 cm³/mol. The van der Waals surface area contributed by atoms with Crippen molar-refractivity contribution < 1.29 is 0 Å². The van der Waals surface area contributed by atoms with Crippen molar-refractivity contribution in [3.05, 3.63) is 108 Å². The lowest BCUT2D eigenvalue weighted by Gasteiger charge is -2.12. The molecule has 0 radical (unpaired) electrons. The van der Waals surface area contributed by atoms with E-state index in [0.717, 1.165) is 55.2 Å². The molecule has 0 fully saturated rings. The highest BCUT2D eigenvalue weighted by Crippen LogP contribution is 2.35. The minimum atomic E-state index is 0.925. The van der Waals surface area contributed by atoms with Crippen LogP contribution in [-0.2, 0) is 0 Å². The van der Waals surface area contributed by atoms with Crippen molar-refractivity contribution in [1.29, 1.82) is 0 Å². The summed E-state index contributed by atoms with van der Waals surface area (Å²) in [4.78, 5) is 10.7. The molecule has 4 heteroatoms. The molecule has 6 aromatic rings. The Bertz CT molecular complexity index is 1680. The van der Waals surface area contributed by atoms with Gasteiger partial charge in [-0.2, -0.15) is 0 Å². The summed E-state index contributed by atoms with van der Waals surface area (Å²) in [5, 5.41) is 2.32. The van der Waals surface area contributed by atoms with Crippen LogP contribution in [0.1, 0.15) is 11.1 Å². The highest BCUT2D eigenvalue weighted by atomic mass is 32.1. The average Bonchev–Trinajstić information content (AvgIpc) is 3.20. The Hall–Kier alpha value is -3.89. The van der Waals surface area contributed by atoms with Crippen LogP contribution in [-0.4, -0.2) is 14.5 Å². The van der Waals surface area contributed by atoms with Gasteiger partial charge in [-0.05, 0) is 67.9 Å². The van der Waals surface area contributed by atoms with E-state index in [1.807, 2.05) is 24.4 Å². The summed E-state index contributed by atoms with van der Waals surface area (Å²) < 4.78 is 2.25. The predicted octanol–water partition coefficient (Wildman–Crippen LogP) is 7.81. The van der Waals surface area contributed by atoms with Crippen LogP contribution in [0.15, 0.2) is 102 Å². The molecule has 0 aliphatic rings. The second-order valence-corrected chi connectivity index (χ2v) is 9.11. The number of hydrogen-bond acceptors (Lipinski definition) is 3. The molecule has 0 bridgehead atoms. The summed E-state index contributed by atoms with van der Waals surface area (Å²) >= 11 is 4.81. The number of pyridine rings is 2. The van der Waals surface area contributed by atoms with E-state index in [1.54, 1.807) is 0 Å². The third-order valence-corrected chi connectivity index (χ3v) is 6.90. The second kappa shape index (κ2) is 8.15. The van der Waals surface area contributed by atoms with Gasteiger partial charge in [0.15, 0.2) is 0 Å². The van der Waals surface area contributed by atoms with Crippen LogP contribution in [0, 0.1) is 13.8 Å². The molecule has 3 nitrogen and oxygen atoms in total. The number of hydrogen-bond donors (Lipinski definition) is 1. The maximum absolute atomic E-state index is 5.20. The number of benzene rings is 3. The van der Waals surface area contributed by atoms with E-state index in [0.29, 0.717) is 0 Å². The normalized spacial score (nSPS) is 11.4. The van der Waals surface area contributed by atoms with Crippen LogP contribution in [0.25, 0.3) is 50.1 Å². The third-order valence-electron chi connectivity index (χ3n) is 6.31. The van der Waals surface area contributed by atoms with Crippen molar-refractivity contribution in [3.8, 4) is 28.2 Å². The smallest absolute Gasteiger partial charge is 0.146 e.